The van der Waals surface area contributed by atoms with Gasteiger partial charge in [0.25, 0.3) is 0 Å². The van der Waals surface area contributed by atoms with E-state index in [2.05, 4.69) is 31.1 Å². The molecule has 16 heavy (non-hydrogen) atoms. The van der Waals surface area contributed by atoms with Crippen LogP contribution < -0.4 is 0 Å². The van der Waals surface area contributed by atoms with Crippen molar-refractivity contribution in [2.24, 2.45) is 0 Å². The van der Waals surface area contributed by atoms with Gasteiger partial charge in [-0.2, -0.15) is 0 Å². The predicted molar refractivity (Wildman–Crippen MR) is 71.9 cm³/mol. The molecular formula is C14H20OSi. The van der Waals surface area contributed by atoms with E-state index < -0.39 is 13.7 Å². The van der Waals surface area contributed by atoms with Gasteiger partial charge >= 0.3 is 0 Å². The second kappa shape index (κ2) is 4.45. The van der Waals surface area contributed by atoms with Gasteiger partial charge in [0.1, 0.15) is 8.07 Å². The summed E-state index contributed by atoms with van der Waals surface area (Å²) in [6, 6.07) is 7.82. The molecule has 0 aliphatic rings. The minimum absolute atomic E-state index is 0.773. The summed E-state index contributed by atoms with van der Waals surface area (Å²) in [4.78, 5) is 0. The molecule has 0 saturated heterocycles. The van der Waals surface area contributed by atoms with Gasteiger partial charge in [0.15, 0.2) is 0 Å². The average molecular weight is 232 g/mol. The highest BCUT2D eigenvalue weighted by atomic mass is 28.3. The Morgan fingerprint density at radius 2 is 1.56 bits per heavy atom. The monoisotopic (exact) mass is 232 g/mol. The Morgan fingerprint density at radius 3 is 1.94 bits per heavy atom. The minimum Gasteiger partial charge on any atom is -0.386 e. The van der Waals surface area contributed by atoms with Crippen LogP contribution in [0.5, 0.6) is 0 Å². The van der Waals surface area contributed by atoms with Crippen molar-refractivity contribution in [1.82, 2.24) is 0 Å². The van der Waals surface area contributed by atoms with Crippen molar-refractivity contribution in [2.75, 3.05) is 0 Å². The molecule has 0 heterocycles. The molecule has 0 unspecified atom stereocenters. The Bertz CT molecular complexity index is 407. The summed E-state index contributed by atoms with van der Waals surface area (Å²) in [5, 5.41) is 9.81. The maximum atomic E-state index is 9.81. The molecule has 1 aromatic rings. The van der Waals surface area contributed by atoms with Crippen LogP contribution in [0.1, 0.15) is 25.0 Å². The van der Waals surface area contributed by atoms with Crippen molar-refractivity contribution in [3.8, 4) is 11.5 Å². The zero-order valence-electron chi connectivity index (χ0n) is 10.8. The fourth-order valence-corrected chi connectivity index (χ4v) is 1.74. The van der Waals surface area contributed by atoms with E-state index in [1.807, 2.05) is 24.3 Å². The van der Waals surface area contributed by atoms with Gasteiger partial charge in [-0.05, 0) is 31.5 Å². The Balaban J connectivity index is 2.91. The van der Waals surface area contributed by atoms with Gasteiger partial charge in [-0.15, -0.1) is 5.54 Å². The lowest BCUT2D eigenvalue weighted by Crippen LogP contribution is -2.16. The lowest BCUT2D eigenvalue weighted by molar-refractivity contribution is 0.0786. The maximum Gasteiger partial charge on any atom is 0.129 e. The number of rotatable bonds is 1. The van der Waals surface area contributed by atoms with E-state index in [9.17, 15) is 5.11 Å². The first-order valence-corrected chi connectivity index (χ1v) is 9.04. The molecule has 0 fully saturated rings. The fourth-order valence-electron chi connectivity index (χ4n) is 1.22. The molecular weight excluding hydrogens is 212 g/mol. The van der Waals surface area contributed by atoms with E-state index in [0.717, 1.165) is 11.1 Å². The predicted octanol–water partition coefficient (Wildman–Crippen LogP) is 3.14. The normalized spacial score (nSPS) is 11.9. The first-order chi connectivity index (χ1) is 7.18. The summed E-state index contributed by atoms with van der Waals surface area (Å²) in [6.07, 6.45) is 0. The van der Waals surface area contributed by atoms with Gasteiger partial charge in [-0.25, -0.2) is 0 Å². The molecule has 0 aromatic heterocycles. The van der Waals surface area contributed by atoms with Crippen LogP contribution in [-0.2, 0) is 5.60 Å². The van der Waals surface area contributed by atoms with Crippen LogP contribution in [0.3, 0.4) is 0 Å². The molecule has 1 nitrogen and oxygen atoms in total. The zero-order valence-corrected chi connectivity index (χ0v) is 11.8. The SMILES string of the molecule is CC(C)(O)c1ccc(C#C[Si](C)(C)C)cc1. The molecule has 0 radical (unpaired) electrons. The lowest BCUT2D eigenvalue weighted by atomic mass is 9.97. The Kier molecular flexibility index (Phi) is 3.62. The van der Waals surface area contributed by atoms with Crippen molar-refractivity contribution in [3.63, 3.8) is 0 Å². The van der Waals surface area contributed by atoms with Crippen molar-refractivity contribution in [2.45, 2.75) is 39.1 Å². The third kappa shape index (κ3) is 4.22. The van der Waals surface area contributed by atoms with Crippen molar-refractivity contribution < 1.29 is 5.11 Å². The Labute approximate surface area is 99.5 Å². The molecule has 0 amide bonds. The second-order valence-corrected chi connectivity index (χ2v) is 10.4. The molecule has 86 valence electrons. The summed E-state index contributed by atoms with van der Waals surface area (Å²) >= 11 is 0. The summed E-state index contributed by atoms with van der Waals surface area (Å²) < 4.78 is 0. The van der Waals surface area contributed by atoms with E-state index in [0.29, 0.717) is 0 Å². The van der Waals surface area contributed by atoms with E-state index >= 15 is 0 Å². The van der Waals surface area contributed by atoms with Crippen molar-refractivity contribution in [1.29, 1.82) is 0 Å². The highest BCUT2D eigenvalue weighted by Gasteiger charge is 2.14. The average Bonchev–Trinajstić information content (AvgIpc) is 2.13. The van der Waals surface area contributed by atoms with Gasteiger partial charge < -0.3 is 5.11 Å². The Morgan fingerprint density at radius 1 is 1.06 bits per heavy atom. The number of hydrogen-bond acceptors (Lipinski definition) is 1. The van der Waals surface area contributed by atoms with Gasteiger partial charge in [0.05, 0.1) is 5.60 Å². The molecule has 0 atom stereocenters. The molecule has 1 rings (SSSR count). The quantitative estimate of drug-likeness (QED) is 0.582. The molecule has 1 N–H and O–H groups in total. The maximum absolute atomic E-state index is 9.81. The summed E-state index contributed by atoms with van der Waals surface area (Å²) in [7, 11) is -1.30. The first kappa shape index (κ1) is 13.0. The molecule has 2 heteroatoms. The standard InChI is InChI=1S/C14H20OSi/c1-14(2,15)13-8-6-12(7-9-13)10-11-16(3,4)5/h6-9,15H,1-5H3. The molecule has 0 aliphatic heterocycles. The van der Waals surface area contributed by atoms with Crippen LogP contribution >= 0.6 is 0 Å². The highest BCUT2D eigenvalue weighted by molar-refractivity contribution is 6.83. The third-order valence-electron chi connectivity index (χ3n) is 2.17. The van der Waals surface area contributed by atoms with Crippen LogP contribution in [0, 0.1) is 11.5 Å². The third-order valence-corrected chi connectivity index (χ3v) is 3.05. The van der Waals surface area contributed by atoms with Crippen LogP contribution in [0.15, 0.2) is 24.3 Å². The van der Waals surface area contributed by atoms with Crippen LogP contribution in [-0.4, -0.2) is 13.2 Å². The number of hydrogen-bond donors (Lipinski definition) is 1. The lowest BCUT2D eigenvalue weighted by Gasteiger charge is -2.17. The van der Waals surface area contributed by atoms with Gasteiger partial charge in [0.2, 0.25) is 0 Å². The molecule has 0 bridgehead atoms. The molecule has 1 aromatic carbocycles. The van der Waals surface area contributed by atoms with Crippen LogP contribution in [0.4, 0.5) is 0 Å². The van der Waals surface area contributed by atoms with Crippen molar-refractivity contribution in [3.05, 3.63) is 35.4 Å². The zero-order chi connectivity index (χ0) is 12.4. The van der Waals surface area contributed by atoms with E-state index in [-0.39, 0.29) is 0 Å². The van der Waals surface area contributed by atoms with Gasteiger partial charge in [-0.1, -0.05) is 37.7 Å². The van der Waals surface area contributed by atoms with E-state index in [4.69, 9.17) is 0 Å². The van der Waals surface area contributed by atoms with E-state index in [1.165, 1.54) is 0 Å². The summed E-state index contributed by atoms with van der Waals surface area (Å²) in [5.41, 5.74) is 4.50. The minimum atomic E-state index is -1.30. The molecule has 0 aliphatic carbocycles. The smallest absolute Gasteiger partial charge is 0.129 e. The van der Waals surface area contributed by atoms with Gasteiger partial charge in [0, 0.05) is 5.56 Å². The summed E-state index contributed by atoms with van der Waals surface area (Å²) in [6.45, 7) is 10.3. The van der Waals surface area contributed by atoms with Gasteiger partial charge in [-0.3, -0.25) is 0 Å². The topological polar surface area (TPSA) is 20.2 Å². The Hall–Kier alpha value is -1.04. The number of aliphatic hydroxyl groups is 1. The van der Waals surface area contributed by atoms with Crippen LogP contribution in [0.2, 0.25) is 19.6 Å². The van der Waals surface area contributed by atoms with Crippen molar-refractivity contribution >= 4 is 8.07 Å². The van der Waals surface area contributed by atoms with E-state index in [1.54, 1.807) is 13.8 Å². The molecule has 0 spiro atoms. The number of benzene rings is 1. The van der Waals surface area contributed by atoms with Crippen LogP contribution in [0.25, 0.3) is 0 Å². The first-order valence-electron chi connectivity index (χ1n) is 5.54. The second-order valence-electron chi connectivity index (χ2n) is 5.64. The largest absolute Gasteiger partial charge is 0.386 e. The highest BCUT2D eigenvalue weighted by Crippen LogP contribution is 2.19. The summed E-state index contributed by atoms with van der Waals surface area (Å²) in [5.74, 6) is 3.19. The molecule has 0 saturated carbocycles. The fraction of sp³-hybridized carbons (Fsp3) is 0.429.